The van der Waals surface area contributed by atoms with Crippen molar-refractivity contribution in [1.82, 2.24) is 5.43 Å². The fraction of sp³-hybridized carbons (Fsp3) is 0.0833. The van der Waals surface area contributed by atoms with Gasteiger partial charge < -0.3 is 10.2 Å². The molecule has 0 unspecified atom stereocenters. The van der Waals surface area contributed by atoms with Gasteiger partial charge in [-0.25, -0.2) is 10.2 Å². The number of carbonyl (C=O) groups excluding carboxylic acids is 1. The molecular weight excluding hydrogens is 236 g/mol. The molecule has 6 nitrogen and oxygen atoms in total. The van der Waals surface area contributed by atoms with Crippen LogP contribution in [0.5, 0.6) is 5.75 Å². The Labute approximate surface area is 103 Å². The van der Waals surface area contributed by atoms with Crippen molar-refractivity contribution >= 4 is 18.1 Å². The van der Waals surface area contributed by atoms with Crippen LogP contribution >= 0.6 is 0 Å². The predicted molar refractivity (Wildman–Crippen MR) is 65.6 cm³/mol. The molecule has 0 aliphatic rings. The summed E-state index contributed by atoms with van der Waals surface area (Å²) >= 11 is 0. The lowest BCUT2D eigenvalue weighted by Crippen LogP contribution is -2.18. The average molecular weight is 248 g/mol. The number of rotatable bonds is 5. The van der Waals surface area contributed by atoms with Gasteiger partial charge in [-0.15, -0.1) is 6.58 Å². The van der Waals surface area contributed by atoms with E-state index in [4.69, 9.17) is 5.11 Å². The number of hydrazone groups is 1. The van der Waals surface area contributed by atoms with Gasteiger partial charge in [-0.1, -0.05) is 6.08 Å². The lowest BCUT2D eigenvalue weighted by molar-refractivity contribution is -0.128. The Bertz CT molecular complexity index is 509. The molecule has 1 aromatic rings. The van der Waals surface area contributed by atoms with Gasteiger partial charge in [0, 0.05) is 5.56 Å². The topological polar surface area (TPSA) is 99.0 Å². The fourth-order valence-electron chi connectivity index (χ4n) is 1.26. The zero-order valence-corrected chi connectivity index (χ0v) is 9.46. The standard InChI is InChI=1S/C12H12N2O4/c1-2-3-8-6-9(4-5-10(8)15)12(18)14-13-7-11(16)17/h2,4-7,15H,1,3H2,(H,14,18)(H,16,17). The average Bonchev–Trinajstić information content (AvgIpc) is 2.31. The second-order valence-electron chi connectivity index (χ2n) is 3.37. The predicted octanol–water partition coefficient (Wildman–Crippen LogP) is 0.921. The van der Waals surface area contributed by atoms with E-state index in [9.17, 15) is 14.7 Å². The highest BCUT2D eigenvalue weighted by atomic mass is 16.4. The summed E-state index contributed by atoms with van der Waals surface area (Å²) in [5.74, 6) is -1.74. The van der Waals surface area contributed by atoms with Gasteiger partial charge in [0.25, 0.3) is 5.91 Å². The third kappa shape index (κ3) is 3.75. The van der Waals surface area contributed by atoms with Crippen molar-refractivity contribution in [3.8, 4) is 5.75 Å². The van der Waals surface area contributed by atoms with Gasteiger partial charge in [-0.3, -0.25) is 4.79 Å². The Hall–Kier alpha value is -2.63. The van der Waals surface area contributed by atoms with Crippen LogP contribution in [0.2, 0.25) is 0 Å². The first-order valence-electron chi connectivity index (χ1n) is 5.03. The number of amides is 1. The van der Waals surface area contributed by atoms with Crippen LogP contribution < -0.4 is 5.43 Å². The summed E-state index contributed by atoms with van der Waals surface area (Å²) in [7, 11) is 0. The van der Waals surface area contributed by atoms with E-state index in [1.807, 2.05) is 0 Å². The molecule has 0 bridgehead atoms. The van der Waals surface area contributed by atoms with Gasteiger partial charge in [0.2, 0.25) is 0 Å². The van der Waals surface area contributed by atoms with E-state index < -0.39 is 11.9 Å². The molecule has 0 aromatic heterocycles. The molecule has 1 rings (SSSR count). The fourth-order valence-corrected chi connectivity index (χ4v) is 1.26. The van der Waals surface area contributed by atoms with Crippen LogP contribution in [0.25, 0.3) is 0 Å². The van der Waals surface area contributed by atoms with Gasteiger partial charge in [0.05, 0.1) is 0 Å². The van der Waals surface area contributed by atoms with Crippen LogP contribution in [0, 0.1) is 0 Å². The molecule has 0 aliphatic heterocycles. The molecule has 1 amide bonds. The molecule has 0 saturated carbocycles. The largest absolute Gasteiger partial charge is 0.508 e. The summed E-state index contributed by atoms with van der Waals surface area (Å²) in [5.41, 5.74) is 2.89. The second-order valence-corrected chi connectivity index (χ2v) is 3.37. The number of allylic oxidation sites excluding steroid dienone is 1. The number of hydrogen-bond donors (Lipinski definition) is 3. The van der Waals surface area contributed by atoms with Crippen molar-refractivity contribution < 1.29 is 19.8 Å². The molecule has 3 N–H and O–H groups in total. The summed E-state index contributed by atoms with van der Waals surface area (Å²) in [6.07, 6.45) is 2.59. The second kappa shape index (κ2) is 6.19. The van der Waals surface area contributed by atoms with E-state index in [0.717, 1.165) is 0 Å². The third-order valence-corrected chi connectivity index (χ3v) is 2.05. The molecule has 0 aliphatic carbocycles. The lowest BCUT2D eigenvalue weighted by Gasteiger charge is -2.04. The van der Waals surface area contributed by atoms with Crippen LogP contribution in [-0.2, 0) is 11.2 Å². The number of nitrogens with one attached hydrogen (secondary N) is 1. The highest BCUT2D eigenvalue weighted by Gasteiger charge is 2.07. The van der Waals surface area contributed by atoms with E-state index in [1.165, 1.54) is 18.2 Å². The Morgan fingerprint density at radius 1 is 1.44 bits per heavy atom. The van der Waals surface area contributed by atoms with Crippen molar-refractivity contribution in [3.05, 3.63) is 42.0 Å². The van der Waals surface area contributed by atoms with E-state index in [1.54, 1.807) is 6.08 Å². The Kier molecular flexibility index (Phi) is 4.62. The maximum absolute atomic E-state index is 11.6. The van der Waals surface area contributed by atoms with Gasteiger partial charge in [0.1, 0.15) is 12.0 Å². The Morgan fingerprint density at radius 2 is 2.17 bits per heavy atom. The molecule has 0 fully saturated rings. The van der Waals surface area contributed by atoms with Crippen LogP contribution in [0.1, 0.15) is 15.9 Å². The van der Waals surface area contributed by atoms with Crippen LogP contribution in [0.4, 0.5) is 0 Å². The van der Waals surface area contributed by atoms with Crippen molar-refractivity contribution in [2.45, 2.75) is 6.42 Å². The number of phenols is 1. The SMILES string of the molecule is C=CCc1cc(C(=O)NN=CC(=O)O)ccc1O. The number of aromatic hydroxyl groups is 1. The first-order chi connectivity index (χ1) is 8.54. The quantitative estimate of drug-likeness (QED) is 0.410. The number of carbonyl (C=O) groups is 2. The lowest BCUT2D eigenvalue weighted by atomic mass is 10.1. The van der Waals surface area contributed by atoms with Gasteiger partial charge in [-0.05, 0) is 30.2 Å². The first-order valence-corrected chi connectivity index (χ1v) is 5.03. The third-order valence-electron chi connectivity index (χ3n) is 2.05. The molecule has 18 heavy (non-hydrogen) atoms. The monoisotopic (exact) mass is 248 g/mol. The summed E-state index contributed by atoms with van der Waals surface area (Å²) in [4.78, 5) is 21.7. The van der Waals surface area contributed by atoms with E-state index >= 15 is 0 Å². The Balaban J connectivity index is 2.83. The molecule has 0 atom stereocenters. The molecule has 0 spiro atoms. The molecule has 0 radical (unpaired) electrons. The number of carboxylic acids is 1. The normalized spacial score (nSPS) is 10.2. The van der Waals surface area contributed by atoms with Gasteiger partial charge in [-0.2, -0.15) is 5.10 Å². The number of hydrogen-bond acceptors (Lipinski definition) is 4. The zero-order chi connectivity index (χ0) is 13.5. The maximum Gasteiger partial charge on any atom is 0.348 e. The van der Waals surface area contributed by atoms with Crippen LogP contribution in [0.15, 0.2) is 36.0 Å². The summed E-state index contributed by atoms with van der Waals surface area (Å²) in [5, 5.41) is 21.1. The minimum Gasteiger partial charge on any atom is -0.508 e. The minimum atomic E-state index is -1.26. The van der Waals surface area contributed by atoms with E-state index in [2.05, 4.69) is 17.1 Å². The highest BCUT2D eigenvalue weighted by molar-refractivity contribution is 6.22. The number of aliphatic carboxylic acids is 1. The van der Waals surface area contributed by atoms with Crippen LogP contribution in [-0.4, -0.2) is 28.3 Å². The Morgan fingerprint density at radius 3 is 2.78 bits per heavy atom. The van der Waals surface area contributed by atoms with Crippen molar-refractivity contribution in [1.29, 1.82) is 0 Å². The van der Waals surface area contributed by atoms with Crippen molar-refractivity contribution in [2.24, 2.45) is 5.10 Å². The molecule has 6 heteroatoms. The first kappa shape index (κ1) is 13.4. The summed E-state index contributed by atoms with van der Waals surface area (Å²) in [6, 6.07) is 4.28. The molecular formula is C12H12N2O4. The van der Waals surface area contributed by atoms with Gasteiger partial charge >= 0.3 is 5.97 Å². The van der Waals surface area contributed by atoms with E-state index in [-0.39, 0.29) is 11.3 Å². The highest BCUT2D eigenvalue weighted by Crippen LogP contribution is 2.19. The number of benzene rings is 1. The smallest absolute Gasteiger partial charge is 0.348 e. The molecule has 0 saturated heterocycles. The van der Waals surface area contributed by atoms with E-state index in [0.29, 0.717) is 18.2 Å². The number of phenolic OH excluding ortho intramolecular Hbond substituents is 1. The molecule has 94 valence electrons. The van der Waals surface area contributed by atoms with Crippen molar-refractivity contribution in [3.63, 3.8) is 0 Å². The molecule has 1 aromatic carbocycles. The van der Waals surface area contributed by atoms with Crippen molar-refractivity contribution in [2.75, 3.05) is 0 Å². The number of carboxylic acid groups (broad SMARTS) is 1. The zero-order valence-electron chi connectivity index (χ0n) is 9.46. The number of nitrogens with zero attached hydrogens (tertiary/aromatic N) is 1. The minimum absolute atomic E-state index is 0.0699. The van der Waals surface area contributed by atoms with Gasteiger partial charge in [0.15, 0.2) is 0 Å². The summed E-state index contributed by atoms with van der Waals surface area (Å²) < 4.78 is 0. The maximum atomic E-state index is 11.6. The molecule has 0 heterocycles. The van der Waals surface area contributed by atoms with Crippen LogP contribution in [0.3, 0.4) is 0 Å². The summed E-state index contributed by atoms with van der Waals surface area (Å²) in [6.45, 7) is 3.54.